The smallest absolute Gasteiger partial charge is 0.462 e. The number of phosphoric acid groups is 2. The van der Waals surface area contributed by atoms with Crippen molar-refractivity contribution in [2.45, 2.75) is 497 Å². The van der Waals surface area contributed by atoms with Gasteiger partial charge in [0.25, 0.3) is 0 Å². The van der Waals surface area contributed by atoms with Crippen LogP contribution in [-0.2, 0) is 65.4 Å². The number of aliphatic hydroxyl groups excluding tert-OH is 1. The van der Waals surface area contributed by atoms with Gasteiger partial charge >= 0.3 is 39.5 Å². The molecule has 0 saturated carbocycles. The molecule has 0 bridgehead atoms. The van der Waals surface area contributed by atoms with Crippen LogP contribution in [0.5, 0.6) is 0 Å². The number of carbonyl (C=O) groups is 4. The molecule has 0 aliphatic carbocycles. The molecule has 109 heavy (non-hydrogen) atoms. The van der Waals surface area contributed by atoms with E-state index >= 15 is 0 Å². The molecule has 19 heteroatoms. The Hall–Kier alpha value is -1.94. The molecule has 0 rings (SSSR count). The molecule has 3 N–H and O–H groups in total. The Labute approximate surface area is 670 Å². The fraction of sp³-hybridized carbons (Fsp3) is 0.956. The summed E-state index contributed by atoms with van der Waals surface area (Å²) in [6.07, 6.45) is 72.4. The van der Waals surface area contributed by atoms with Gasteiger partial charge in [0.15, 0.2) is 12.2 Å². The number of carbonyl (C=O) groups excluding carboxylic acids is 4. The van der Waals surface area contributed by atoms with Gasteiger partial charge in [-0.2, -0.15) is 0 Å². The molecule has 0 aliphatic rings. The lowest BCUT2D eigenvalue weighted by Gasteiger charge is -2.21. The minimum absolute atomic E-state index is 0.106. The molecule has 3 unspecified atom stereocenters. The number of hydrogen-bond acceptors (Lipinski definition) is 15. The summed E-state index contributed by atoms with van der Waals surface area (Å²) in [5.74, 6) is 0.260. The summed E-state index contributed by atoms with van der Waals surface area (Å²) in [5.41, 5.74) is 0. The van der Waals surface area contributed by atoms with Gasteiger partial charge in [0, 0.05) is 25.7 Å². The van der Waals surface area contributed by atoms with Crippen molar-refractivity contribution in [1.29, 1.82) is 0 Å². The van der Waals surface area contributed by atoms with E-state index in [0.717, 1.165) is 108 Å². The maximum atomic E-state index is 13.2. The van der Waals surface area contributed by atoms with Gasteiger partial charge in [0.05, 0.1) is 26.4 Å². The average Bonchev–Trinajstić information content (AvgIpc) is 0.901. The Morgan fingerprint density at radius 3 is 0.697 bits per heavy atom. The first-order valence-corrected chi connectivity index (χ1v) is 49.4. The monoisotopic (exact) mass is 1590 g/mol. The Kier molecular flexibility index (Phi) is 78.5. The van der Waals surface area contributed by atoms with Crippen molar-refractivity contribution in [1.82, 2.24) is 0 Å². The first-order chi connectivity index (χ1) is 52.8. The van der Waals surface area contributed by atoms with Crippen LogP contribution in [0.3, 0.4) is 0 Å². The van der Waals surface area contributed by atoms with Gasteiger partial charge in [-0.25, -0.2) is 9.13 Å². The predicted octanol–water partition coefficient (Wildman–Crippen LogP) is 27.6. The number of unbranched alkanes of at least 4 members (excludes halogenated alkanes) is 55. The molecule has 0 aliphatic heterocycles. The third-order valence-corrected chi connectivity index (χ3v) is 23.4. The summed E-state index contributed by atoms with van der Waals surface area (Å²) in [6.45, 7) is 12.0. The minimum Gasteiger partial charge on any atom is -0.462 e. The van der Waals surface area contributed by atoms with Crippen molar-refractivity contribution in [3.05, 3.63) is 0 Å². The number of ether oxygens (including phenoxy) is 4. The van der Waals surface area contributed by atoms with Gasteiger partial charge in [0.2, 0.25) is 0 Å². The van der Waals surface area contributed by atoms with Crippen LogP contribution in [0.2, 0.25) is 0 Å². The Morgan fingerprint density at radius 2 is 0.468 bits per heavy atom. The van der Waals surface area contributed by atoms with Gasteiger partial charge in [0.1, 0.15) is 19.3 Å². The summed E-state index contributed by atoms with van der Waals surface area (Å²) in [4.78, 5) is 73.3. The zero-order valence-electron chi connectivity index (χ0n) is 72.0. The van der Waals surface area contributed by atoms with Gasteiger partial charge < -0.3 is 33.8 Å². The number of aliphatic hydroxyl groups is 1. The van der Waals surface area contributed by atoms with E-state index in [1.54, 1.807) is 0 Å². The van der Waals surface area contributed by atoms with Crippen molar-refractivity contribution in [3.8, 4) is 0 Å². The van der Waals surface area contributed by atoms with E-state index in [4.69, 9.17) is 37.0 Å². The number of rotatable bonds is 88. The van der Waals surface area contributed by atoms with Crippen LogP contribution >= 0.6 is 15.6 Å². The van der Waals surface area contributed by atoms with Crippen LogP contribution in [0.4, 0.5) is 0 Å². The number of hydrogen-bond donors (Lipinski definition) is 3. The van der Waals surface area contributed by atoms with Gasteiger partial charge in [-0.15, -0.1) is 0 Å². The SMILES string of the molecule is CCCCCCCCCCCCCCCCCCCCCCCCC(=O)OC[C@H](COP(=O)(O)OC[C@@H](O)COP(=O)(O)OC[C@@H](COC(=O)CCCCCCCCCCC(C)C)OC(=O)CCCCCCCCCCCCCC(C)C)OC(=O)CCCCCCCCCCCCCCCCCCCCC(C)CC. The van der Waals surface area contributed by atoms with E-state index in [2.05, 4.69) is 48.5 Å². The van der Waals surface area contributed by atoms with Crippen LogP contribution in [0, 0.1) is 17.8 Å². The van der Waals surface area contributed by atoms with Crippen molar-refractivity contribution in [2.75, 3.05) is 39.6 Å². The van der Waals surface area contributed by atoms with E-state index in [9.17, 15) is 43.2 Å². The molecule has 648 valence electrons. The van der Waals surface area contributed by atoms with Crippen LogP contribution in [0.15, 0.2) is 0 Å². The van der Waals surface area contributed by atoms with E-state index in [1.807, 2.05) is 0 Å². The lowest BCUT2D eigenvalue weighted by atomic mass is 9.99. The maximum absolute atomic E-state index is 13.2. The third kappa shape index (κ3) is 82.4. The molecule has 0 saturated heterocycles. The predicted molar refractivity (Wildman–Crippen MR) is 451 cm³/mol. The number of phosphoric ester groups is 2. The van der Waals surface area contributed by atoms with Crippen LogP contribution in [0.1, 0.15) is 479 Å². The maximum Gasteiger partial charge on any atom is 0.472 e. The topological polar surface area (TPSA) is 237 Å². The van der Waals surface area contributed by atoms with Gasteiger partial charge in [-0.1, -0.05) is 427 Å². The normalized spacial score (nSPS) is 14.1. The molecule has 0 fully saturated rings. The van der Waals surface area contributed by atoms with Crippen molar-refractivity contribution >= 4 is 39.5 Å². The van der Waals surface area contributed by atoms with Crippen LogP contribution < -0.4 is 0 Å². The highest BCUT2D eigenvalue weighted by Crippen LogP contribution is 2.45. The molecule has 17 nitrogen and oxygen atoms in total. The quantitative estimate of drug-likeness (QED) is 0.0222. The number of esters is 4. The molecular formula is C90H176O17P2. The first-order valence-electron chi connectivity index (χ1n) is 46.4. The fourth-order valence-electron chi connectivity index (χ4n) is 14.0. The third-order valence-electron chi connectivity index (χ3n) is 21.5. The standard InChI is InChI=1S/C90H176O17P2/c1-8-10-11-12-13-14-15-16-17-18-19-20-21-22-26-29-32-37-42-50-57-64-71-87(92)100-77-85(106-89(94)73-66-59-52-43-38-33-30-27-24-23-25-28-31-36-41-49-56-63-70-83(7)9-2)79-104-108(96,97)102-75-84(91)76-103-109(98,99)105-80-86(78-101-88(93)72-65-58-51-46-45-48-55-62-69-82(5)6)107-90(95)74-67-60-53-44-39-34-35-40-47-54-61-68-81(3)4/h81-86,91H,8-80H2,1-7H3,(H,96,97)(H,98,99)/t83?,84-,85-,86-/m1/s1. The van der Waals surface area contributed by atoms with Gasteiger partial charge in [-0.05, 0) is 43.4 Å². The zero-order chi connectivity index (χ0) is 80.0. The van der Waals surface area contributed by atoms with Crippen molar-refractivity contribution in [3.63, 3.8) is 0 Å². The summed E-state index contributed by atoms with van der Waals surface area (Å²) >= 11 is 0. The second kappa shape index (κ2) is 79.9. The molecule has 0 aromatic heterocycles. The summed E-state index contributed by atoms with van der Waals surface area (Å²) in [7, 11) is -9.93. The Bertz CT molecular complexity index is 2100. The van der Waals surface area contributed by atoms with Crippen molar-refractivity contribution in [2.24, 2.45) is 17.8 Å². The van der Waals surface area contributed by atoms with E-state index < -0.39 is 97.5 Å². The molecular weight excluding hydrogens is 1410 g/mol. The van der Waals surface area contributed by atoms with E-state index in [1.165, 1.54) is 289 Å². The van der Waals surface area contributed by atoms with E-state index in [-0.39, 0.29) is 25.7 Å². The van der Waals surface area contributed by atoms with Crippen molar-refractivity contribution < 1.29 is 80.2 Å². The largest absolute Gasteiger partial charge is 0.472 e. The highest BCUT2D eigenvalue weighted by Gasteiger charge is 2.31. The minimum atomic E-state index is -4.97. The van der Waals surface area contributed by atoms with Crippen LogP contribution in [-0.4, -0.2) is 96.7 Å². The lowest BCUT2D eigenvalue weighted by molar-refractivity contribution is -0.161. The average molecular weight is 1590 g/mol. The summed E-state index contributed by atoms with van der Waals surface area (Å²) in [6, 6.07) is 0. The molecule has 0 radical (unpaired) electrons. The summed E-state index contributed by atoms with van der Waals surface area (Å²) in [5, 5.41) is 10.7. The molecule has 0 spiro atoms. The first kappa shape index (κ1) is 107. The Balaban J connectivity index is 5.22. The molecule has 0 aromatic rings. The highest BCUT2D eigenvalue weighted by atomic mass is 31.2. The van der Waals surface area contributed by atoms with Crippen LogP contribution in [0.25, 0.3) is 0 Å². The second-order valence-electron chi connectivity index (χ2n) is 33.5. The summed E-state index contributed by atoms with van der Waals surface area (Å²) < 4.78 is 69.0. The fourth-order valence-corrected chi connectivity index (χ4v) is 15.6. The molecule has 0 amide bonds. The zero-order valence-corrected chi connectivity index (χ0v) is 73.8. The molecule has 6 atom stereocenters. The molecule has 0 aromatic carbocycles. The van der Waals surface area contributed by atoms with E-state index in [0.29, 0.717) is 25.7 Å². The molecule has 0 heterocycles. The van der Waals surface area contributed by atoms with Gasteiger partial charge in [-0.3, -0.25) is 37.3 Å². The Morgan fingerprint density at radius 1 is 0.266 bits per heavy atom. The second-order valence-corrected chi connectivity index (χ2v) is 36.4. The highest BCUT2D eigenvalue weighted by molar-refractivity contribution is 7.47. The lowest BCUT2D eigenvalue weighted by Crippen LogP contribution is -2.30.